The highest BCUT2D eigenvalue weighted by Gasteiger charge is 2.24. The lowest BCUT2D eigenvalue weighted by atomic mass is 9.94. The van der Waals surface area contributed by atoms with Crippen LogP contribution in [0.5, 0.6) is 0 Å². The van der Waals surface area contributed by atoms with E-state index in [1.807, 2.05) is 13.0 Å². The molecular formula is C12H22N6. The molecule has 1 fully saturated rings. The van der Waals surface area contributed by atoms with E-state index in [0.29, 0.717) is 17.9 Å². The van der Waals surface area contributed by atoms with Crippen molar-refractivity contribution >= 4 is 11.8 Å². The molecule has 0 amide bonds. The standard InChI is InChI=1S/C12H22N6/c1-8-7-18(3)5-4-10(8)15-11-6-9(2)14-12(16-11)17-13/h6,8,10H,4-5,7,13H2,1-3H3,(H2,14,15,16,17). The molecule has 100 valence electrons. The van der Waals surface area contributed by atoms with Crippen molar-refractivity contribution in [3.05, 3.63) is 11.8 Å². The first-order valence-corrected chi connectivity index (χ1v) is 6.36. The maximum Gasteiger partial charge on any atom is 0.239 e. The van der Waals surface area contributed by atoms with Crippen LogP contribution >= 0.6 is 0 Å². The van der Waals surface area contributed by atoms with Gasteiger partial charge in [-0.25, -0.2) is 10.8 Å². The summed E-state index contributed by atoms with van der Waals surface area (Å²) >= 11 is 0. The Labute approximate surface area is 108 Å². The SMILES string of the molecule is Cc1cc(NC2CCN(C)CC2C)nc(NN)n1. The normalized spacial score (nSPS) is 24.9. The van der Waals surface area contributed by atoms with Gasteiger partial charge in [-0.3, -0.25) is 5.43 Å². The first-order chi connectivity index (χ1) is 8.58. The number of nitrogens with one attached hydrogen (secondary N) is 2. The van der Waals surface area contributed by atoms with E-state index in [0.717, 1.165) is 31.0 Å². The lowest BCUT2D eigenvalue weighted by Crippen LogP contribution is -2.43. The van der Waals surface area contributed by atoms with Crippen molar-refractivity contribution in [3.8, 4) is 0 Å². The zero-order chi connectivity index (χ0) is 13.1. The zero-order valence-corrected chi connectivity index (χ0v) is 11.3. The number of hydrogen-bond acceptors (Lipinski definition) is 6. The number of nitrogen functional groups attached to an aromatic ring is 1. The predicted molar refractivity (Wildman–Crippen MR) is 73.3 cm³/mol. The van der Waals surface area contributed by atoms with Crippen molar-refractivity contribution in [2.45, 2.75) is 26.3 Å². The smallest absolute Gasteiger partial charge is 0.239 e. The summed E-state index contributed by atoms with van der Waals surface area (Å²) in [7, 11) is 2.16. The Kier molecular flexibility index (Phi) is 3.98. The highest BCUT2D eigenvalue weighted by atomic mass is 15.3. The van der Waals surface area contributed by atoms with Crippen LogP contribution in [0.4, 0.5) is 11.8 Å². The minimum atomic E-state index is 0.457. The number of hydrazine groups is 1. The Balaban J connectivity index is 2.06. The monoisotopic (exact) mass is 250 g/mol. The summed E-state index contributed by atoms with van der Waals surface area (Å²) in [5.74, 6) is 7.26. The molecule has 4 N–H and O–H groups in total. The molecule has 18 heavy (non-hydrogen) atoms. The number of nitrogens with two attached hydrogens (primary N) is 1. The molecule has 2 rings (SSSR count). The van der Waals surface area contributed by atoms with Crippen molar-refractivity contribution in [1.29, 1.82) is 0 Å². The van der Waals surface area contributed by atoms with Gasteiger partial charge in [-0.15, -0.1) is 0 Å². The van der Waals surface area contributed by atoms with Crippen LogP contribution in [-0.2, 0) is 0 Å². The molecule has 0 saturated carbocycles. The number of likely N-dealkylation sites (tertiary alicyclic amines) is 1. The number of rotatable bonds is 3. The van der Waals surface area contributed by atoms with Crippen molar-refractivity contribution in [1.82, 2.24) is 14.9 Å². The Morgan fingerprint density at radius 3 is 2.89 bits per heavy atom. The van der Waals surface area contributed by atoms with Crippen LogP contribution in [0.15, 0.2) is 6.07 Å². The highest BCUT2D eigenvalue weighted by molar-refractivity contribution is 5.42. The fourth-order valence-corrected chi connectivity index (χ4v) is 2.47. The van der Waals surface area contributed by atoms with Crippen LogP contribution in [-0.4, -0.2) is 41.0 Å². The van der Waals surface area contributed by atoms with Crippen LogP contribution in [0.25, 0.3) is 0 Å². The Morgan fingerprint density at radius 1 is 1.44 bits per heavy atom. The first-order valence-electron chi connectivity index (χ1n) is 6.36. The molecule has 6 heteroatoms. The van der Waals surface area contributed by atoms with Gasteiger partial charge in [0.25, 0.3) is 0 Å². The second-order valence-corrected chi connectivity index (χ2v) is 5.14. The summed E-state index contributed by atoms with van der Waals surface area (Å²) in [6.45, 7) is 6.44. The quantitative estimate of drug-likeness (QED) is 0.544. The van der Waals surface area contributed by atoms with Crippen LogP contribution in [0.2, 0.25) is 0 Å². The van der Waals surface area contributed by atoms with E-state index in [-0.39, 0.29) is 0 Å². The summed E-state index contributed by atoms with van der Waals surface area (Å²) in [5.41, 5.74) is 3.40. The second-order valence-electron chi connectivity index (χ2n) is 5.14. The van der Waals surface area contributed by atoms with E-state index in [9.17, 15) is 0 Å². The summed E-state index contributed by atoms with van der Waals surface area (Å²) in [6.07, 6.45) is 1.13. The summed E-state index contributed by atoms with van der Waals surface area (Å²) < 4.78 is 0. The van der Waals surface area contributed by atoms with Crippen LogP contribution in [0.3, 0.4) is 0 Å². The molecule has 1 aliphatic heterocycles. The molecule has 1 aromatic heterocycles. The predicted octanol–water partition coefficient (Wildman–Crippen LogP) is 0.823. The number of anilines is 2. The fourth-order valence-electron chi connectivity index (χ4n) is 2.47. The van der Waals surface area contributed by atoms with Gasteiger partial charge in [0.2, 0.25) is 5.95 Å². The zero-order valence-electron chi connectivity index (χ0n) is 11.3. The van der Waals surface area contributed by atoms with Gasteiger partial charge in [-0.2, -0.15) is 4.98 Å². The fraction of sp³-hybridized carbons (Fsp3) is 0.667. The Hall–Kier alpha value is -1.40. The molecule has 1 saturated heterocycles. The molecule has 0 spiro atoms. The van der Waals surface area contributed by atoms with Gasteiger partial charge in [-0.1, -0.05) is 6.92 Å². The number of aryl methyl sites for hydroxylation is 1. The van der Waals surface area contributed by atoms with Gasteiger partial charge >= 0.3 is 0 Å². The van der Waals surface area contributed by atoms with Gasteiger partial charge < -0.3 is 10.2 Å². The Bertz CT molecular complexity index is 408. The molecule has 1 aromatic rings. The third kappa shape index (κ3) is 3.08. The average Bonchev–Trinajstić information content (AvgIpc) is 2.32. The van der Waals surface area contributed by atoms with Gasteiger partial charge in [-0.05, 0) is 32.9 Å². The molecule has 0 aromatic carbocycles. The number of aromatic nitrogens is 2. The summed E-state index contributed by atoms with van der Waals surface area (Å²) in [6, 6.07) is 2.41. The van der Waals surface area contributed by atoms with Gasteiger partial charge in [0.1, 0.15) is 5.82 Å². The van der Waals surface area contributed by atoms with E-state index in [2.05, 4.69) is 39.6 Å². The van der Waals surface area contributed by atoms with Gasteiger partial charge in [0.15, 0.2) is 0 Å². The van der Waals surface area contributed by atoms with Crippen molar-refractivity contribution < 1.29 is 0 Å². The van der Waals surface area contributed by atoms with Crippen LogP contribution in [0, 0.1) is 12.8 Å². The average molecular weight is 250 g/mol. The first kappa shape index (κ1) is 13.0. The van der Waals surface area contributed by atoms with Gasteiger partial charge in [0.05, 0.1) is 0 Å². The molecule has 2 unspecified atom stereocenters. The number of hydrogen-bond donors (Lipinski definition) is 3. The molecule has 6 nitrogen and oxygen atoms in total. The lowest BCUT2D eigenvalue weighted by molar-refractivity contribution is 0.206. The van der Waals surface area contributed by atoms with Crippen molar-refractivity contribution in [2.75, 3.05) is 30.9 Å². The second kappa shape index (κ2) is 5.49. The maximum atomic E-state index is 5.36. The molecule has 1 aliphatic rings. The minimum absolute atomic E-state index is 0.457. The number of piperidine rings is 1. The largest absolute Gasteiger partial charge is 0.367 e. The topological polar surface area (TPSA) is 79.1 Å². The minimum Gasteiger partial charge on any atom is -0.367 e. The third-order valence-corrected chi connectivity index (χ3v) is 3.42. The van der Waals surface area contributed by atoms with E-state index in [1.54, 1.807) is 0 Å². The molecule has 2 atom stereocenters. The van der Waals surface area contributed by atoms with E-state index in [1.165, 1.54) is 0 Å². The number of nitrogens with zero attached hydrogens (tertiary/aromatic N) is 3. The molecule has 0 aliphatic carbocycles. The van der Waals surface area contributed by atoms with Gasteiger partial charge in [0, 0.05) is 24.3 Å². The summed E-state index contributed by atoms with van der Waals surface area (Å²) in [4.78, 5) is 10.9. The third-order valence-electron chi connectivity index (χ3n) is 3.42. The summed E-state index contributed by atoms with van der Waals surface area (Å²) in [5, 5.41) is 3.49. The molecule has 0 bridgehead atoms. The van der Waals surface area contributed by atoms with Crippen molar-refractivity contribution in [2.24, 2.45) is 11.8 Å². The molecular weight excluding hydrogens is 228 g/mol. The van der Waals surface area contributed by atoms with E-state index < -0.39 is 0 Å². The molecule has 0 radical (unpaired) electrons. The van der Waals surface area contributed by atoms with Crippen LogP contribution < -0.4 is 16.6 Å². The van der Waals surface area contributed by atoms with Crippen molar-refractivity contribution in [3.63, 3.8) is 0 Å². The van der Waals surface area contributed by atoms with E-state index in [4.69, 9.17) is 5.84 Å². The lowest BCUT2D eigenvalue weighted by Gasteiger charge is -2.35. The van der Waals surface area contributed by atoms with E-state index >= 15 is 0 Å². The maximum absolute atomic E-state index is 5.36. The Morgan fingerprint density at radius 2 is 2.22 bits per heavy atom. The molecule has 2 heterocycles. The van der Waals surface area contributed by atoms with Crippen LogP contribution in [0.1, 0.15) is 19.0 Å². The highest BCUT2D eigenvalue weighted by Crippen LogP contribution is 2.20.